The number of amides is 1. The molecule has 1 atom stereocenters. The van der Waals surface area contributed by atoms with E-state index in [1.165, 1.54) is 28.3 Å². The number of hydrogen-bond acceptors (Lipinski definition) is 5. The van der Waals surface area contributed by atoms with E-state index in [9.17, 15) is 20.2 Å². The van der Waals surface area contributed by atoms with Crippen molar-refractivity contribution in [3.05, 3.63) is 55.4 Å². The number of carbonyl (C=O) groups is 1. The molecule has 1 aliphatic rings. The summed E-state index contributed by atoms with van der Waals surface area (Å²) < 4.78 is 0. The number of nitro benzene ring substituents is 1. The molecule has 0 saturated carbocycles. The van der Waals surface area contributed by atoms with Crippen LogP contribution in [0.4, 0.5) is 10.7 Å². The van der Waals surface area contributed by atoms with Gasteiger partial charge in [0.2, 0.25) is 0 Å². The van der Waals surface area contributed by atoms with Gasteiger partial charge in [0, 0.05) is 22.1 Å². The molecule has 0 saturated heterocycles. The van der Waals surface area contributed by atoms with Crippen LogP contribution in [0.15, 0.2) is 18.2 Å². The molecule has 0 bridgehead atoms. The lowest BCUT2D eigenvalue weighted by atomic mass is 9.69. The van der Waals surface area contributed by atoms with Crippen LogP contribution in [0, 0.1) is 39.7 Å². The number of nitriles is 1. The number of anilines is 1. The molecule has 1 unspecified atom stereocenters. The Bertz CT molecular complexity index is 1020. The first-order chi connectivity index (χ1) is 13.7. The van der Waals surface area contributed by atoms with Gasteiger partial charge in [0.05, 0.1) is 10.5 Å². The highest BCUT2D eigenvalue weighted by Crippen LogP contribution is 2.45. The van der Waals surface area contributed by atoms with Gasteiger partial charge in [-0.2, -0.15) is 5.26 Å². The number of benzene rings is 1. The van der Waals surface area contributed by atoms with E-state index in [2.05, 4.69) is 32.2 Å². The standard InChI is InChI=1S/C22H25N3O3S/c1-5-22(3,4)14-9-10-16-17(12-23)21(29-19(16)11-14)24-20(26)15-7-6-8-18(13(15)2)25(27)28/h6-8,14H,5,9-11H2,1-4H3,(H,24,26). The second-order valence-electron chi connectivity index (χ2n) is 8.26. The van der Waals surface area contributed by atoms with E-state index in [-0.39, 0.29) is 16.7 Å². The highest BCUT2D eigenvalue weighted by molar-refractivity contribution is 7.16. The van der Waals surface area contributed by atoms with Crippen LogP contribution in [0.25, 0.3) is 0 Å². The van der Waals surface area contributed by atoms with Crippen LogP contribution in [0.3, 0.4) is 0 Å². The quantitative estimate of drug-likeness (QED) is 0.509. The van der Waals surface area contributed by atoms with Gasteiger partial charge in [-0.1, -0.05) is 33.3 Å². The fraction of sp³-hybridized carbons (Fsp3) is 0.455. The third-order valence-electron chi connectivity index (χ3n) is 6.37. The van der Waals surface area contributed by atoms with Gasteiger partial charge in [-0.3, -0.25) is 14.9 Å². The largest absolute Gasteiger partial charge is 0.312 e. The number of fused-ring (bicyclic) bond motifs is 1. The van der Waals surface area contributed by atoms with Gasteiger partial charge in [0.25, 0.3) is 11.6 Å². The lowest BCUT2D eigenvalue weighted by molar-refractivity contribution is -0.385. The molecule has 1 aliphatic carbocycles. The van der Waals surface area contributed by atoms with E-state index in [4.69, 9.17) is 0 Å². The van der Waals surface area contributed by atoms with Gasteiger partial charge in [-0.25, -0.2) is 0 Å². The third kappa shape index (κ3) is 3.90. The fourth-order valence-corrected chi connectivity index (χ4v) is 5.26. The predicted molar refractivity (Wildman–Crippen MR) is 114 cm³/mol. The first kappa shape index (κ1) is 21.0. The number of thiophene rings is 1. The molecule has 1 N–H and O–H groups in total. The summed E-state index contributed by atoms with van der Waals surface area (Å²) >= 11 is 1.47. The first-order valence-electron chi connectivity index (χ1n) is 9.79. The summed E-state index contributed by atoms with van der Waals surface area (Å²) in [5.41, 5.74) is 2.30. The Morgan fingerprint density at radius 3 is 2.79 bits per heavy atom. The average molecular weight is 412 g/mol. The maximum absolute atomic E-state index is 12.8. The van der Waals surface area contributed by atoms with Gasteiger partial charge in [0.1, 0.15) is 11.1 Å². The van der Waals surface area contributed by atoms with Crippen molar-refractivity contribution in [2.24, 2.45) is 11.3 Å². The zero-order valence-corrected chi connectivity index (χ0v) is 18.0. The summed E-state index contributed by atoms with van der Waals surface area (Å²) in [5, 5.41) is 24.3. The van der Waals surface area contributed by atoms with Crippen molar-refractivity contribution in [3.63, 3.8) is 0 Å². The molecule has 29 heavy (non-hydrogen) atoms. The lowest BCUT2D eigenvalue weighted by Gasteiger charge is -2.36. The molecule has 0 aliphatic heterocycles. The molecular weight excluding hydrogens is 386 g/mol. The monoisotopic (exact) mass is 411 g/mol. The minimum atomic E-state index is -0.494. The molecule has 0 radical (unpaired) electrons. The molecule has 3 rings (SSSR count). The van der Waals surface area contributed by atoms with Crippen molar-refractivity contribution in [1.82, 2.24) is 0 Å². The first-order valence-corrected chi connectivity index (χ1v) is 10.6. The minimum Gasteiger partial charge on any atom is -0.312 e. The highest BCUT2D eigenvalue weighted by Gasteiger charge is 2.34. The van der Waals surface area contributed by atoms with Gasteiger partial charge < -0.3 is 5.32 Å². The van der Waals surface area contributed by atoms with Crippen LogP contribution in [-0.4, -0.2) is 10.8 Å². The number of carbonyl (C=O) groups excluding carboxylic acids is 1. The zero-order valence-electron chi connectivity index (χ0n) is 17.2. The summed E-state index contributed by atoms with van der Waals surface area (Å²) in [6.45, 7) is 8.34. The predicted octanol–water partition coefficient (Wildman–Crippen LogP) is 5.63. The molecule has 2 aromatic rings. The van der Waals surface area contributed by atoms with Crippen molar-refractivity contribution < 1.29 is 9.72 Å². The minimum absolute atomic E-state index is 0.0896. The molecular formula is C22H25N3O3S. The Balaban J connectivity index is 1.90. The third-order valence-corrected chi connectivity index (χ3v) is 7.54. The SMILES string of the molecule is CCC(C)(C)C1CCc2c(sc(NC(=O)c3cccc([N+](=O)[O-])c3C)c2C#N)C1. The number of nitrogens with one attached hydrogen (secondary N) is 1. The van der Waals surface area contributed by atoms with Crippen molar-refractivity contribution in [2.45, 2.75) is 53.4 Å². The molecule has 1 aromatic carbocycles. The second-order valence-corrected chi connectivity index (χ2v) is 9.37. The molecule has 6 nitrogen and oxygen atoms in total. The number of nitro groups is 1. The smallest absolute Gasteiger partial charge is 0.273 e. The normalized spacial score (nSPS) is 16.0. The zero-order chi connectivity index (χ0) is 21.3. The summed E-state index contributed by atoms with van der Waals surface area (Å²) in [4.78, 5) is 24.7. The lowest BCUT2D eigenvalue weighted by Crippen LogP contribution is -2.28. The average Bonchev–Trinajstić information content (AvgIpc) is 3.03. The van der Waals surface area contributed by atoms with Crippen LogP contribution in [0.2, 0.25) is 0 Å². The Labute approximate surface area is 174 Å². The van der Waals surface area contributed by atoms with Crippen LogP contribution in [-0.2, 0) is 12.8 Å². The van der Waals surface area contributed by atoms with Gasteiger partial charge >= 0.3 is 0 Å². The summed E-state index contributed by atoms with van der Waals surface area (Å²) in [6, 6.07) is 6.71. The van der Waals surface area contributed by atoms with Crippen LogP contribution in [0.1, 0.15) is 65.5 Å². The van der Waals surface area contributed by atoms with Gasteiger partial charge in [-0.05, 0) is 49.1 Å². The van der Waals surface area contributed by atoms with E-state index in [0.29, 0.717) is 22.0 Å². The fourth-order valence-electron chi connectivity index (χ4n) is 3.99. The van der Waals surface area contributed by atoms with Gasteiger partial charge in [0.15, 0.2) is 0 Å². The van der Waals surface area contributed by atoms with Crippen LogP contribution >= 0.6 is 11.3 Å². The number of hydrogen-bond donors (Lipinski definition) is 1. The molecule has 0 fully saturated rings. The van der Waals surface area contributed by atoms with Crippen molar-refractivity contribution in [2.75, 3.05) is 5.32 Å². The van der Waals surface area contributed by atoms with Crippen molar-refractivity contribution >= 4 is 27.9 Å². The van der Waals surface area contributed by atoms with Gasteiger partial charge in [-0.15, -0.1) is 11.3 Å². The summed E-state index contributed by atoms with van der Waals surface area (Å²) in [5.74, 6) is 0.125. The second kappa shape index (κ2) is 7.96. The topological polar surface area (TPSA) is 96.0 Å². The molecule has 7 heteroatoms. The van der Waals surface area contributed by atoms with Crippen molar-refractivity contribution in [1.29, 1.82) is 5.26 Å². The maximum atomic E-state index is 12.8. The summed E-state index contributed by atoms with van der Waals surface area (Å²) in [7, 11) is 0. The van der Waals surface area contributed by atoms with Crippen molar-refractivity contribution in [3.8, 4) is 6.07 Å². The Morgan fingerprint density at radius 2 is 2.17 bits per heavy atom. The van der Waals surface area contributed by atoms with E-state index in [1.54, 1.807) is 13.0 Å². The van der Waals surface area contributed by atoms with E-state index in [0.717, 1.165) is 31.2 Å². The molecule has 152 valence electrons. The number of nitrogens with zero attached hydrogens (tertiary/aromatic N) is 2. The maximum Gasteiger partial charge on any atom is 0.273 e. The number of rotatable bonds is 5. The van der Waals surface area contributed by atoms with E-state index >= 15 is 0 Å². The molecule has 1 aromatic heterocycles. The summed E-state index contributed by atoms with van der Waals surface area (Å²) in [6.07, 6.45) is 3.89. The Kier molecular flexibility index (Phi) is 5.76. The van der Waals surface area contributed by atoms with E-state index in [1.807, 2.05) is 0 Å². The van der Waals surface area contributed by atoms with E-state index < -0.39 is 10.8 Å². The Hall–Kier alpha value is -2.72. The van der Waals surface area contributed by atoms with Crippen LogP contribution in [0.5, 0.6) is 0 Å². The Morgan fingerprint density at radius 1 is 1.45 bits per heavy atom. The molecule has 1 amide bonds. The van der Waals surface area contributed by atoms with Crippen LogP contribution < -0.4 is 5.32 Å². The molecule has 1 heterocycles. The highest BCUT2D eigenvalue weighted by atomic mass is 32.1. The molecule has 0 spiro atoms.